The van der Waals surface area contributed by atoms with Crippen molar-refractivity contribution in [2.24, 2.45) is 0 Å². The van der Waals surface area contributed by atoms with Crippen LogP contribution < -0.4 is 0 Å². The minimum absolute atomic E-state index is 1.27. The van der Waals surface area contributed by atoms with E-state index in [2.05, 4.69) is 103 Å². The summed E-state index contributed by atoms with van der Waals surface area (Å²) in [6.45, 7) is 0. The Balaban J connectivity index is 1.82. The monoisotopic (exact) mass is 317 g/mol. The molecule has 25 heavy (non-hydrogen) atoms. The largest absolute Gasteiger partial charge is 0.0641 e. The van der Waals surface area contributed by atoms with Crippen LogP contribution in [-0.4, -0.2) is 0 Å². The molecule has 1 aliphatic carbocycles. The predicted octanol–water partition coefficient (Wildman–Crippen LogP) is 6.35. The van der Waals surface area contributed by atoms with E-state index < -0.39 is 0 Å². The van der Waals surface area contributed by atoms with Crippen molar-refractivity contribution in [3.05, 3.63) is 126 Å². The molecule has 4 aromatic carbocycles. The van der Waals surface area contributed by atoms with E-state index in [1.807, 2.05) is 0 Å². The van der Waals surface area contributed by atoms with Gasteiger partial charge in [0.2, 0.25) is 0 Å². The van der Waals surface area contributed by atoms with Crippen molar-refractivity contribution >= 4 is 0 Å². The Morgan fingerprint density at radius 2 is 0.840 bits per heavy atom. The lowest BCUT2D eigenvalue weighted by Crippen LogP contribution is -1.99. The molecule has 0 heterocycles. The molecular formula is C25H17. The molecule has 0 bridgehead atoms. The van der Waals surface area contributed by atoms with Crippen LogP contribution in [0.1, 0.15) is 16.7 Å². The topological polar surface area (TPSA) is 0 Å². The van der Waals surface area contributed by atoms with Crippen LogP contribution in [0.4, 0.5) is 0 Å². The smallest absolute Gasteiger partial charge is 0.0622 e. The Bertz CT molecular complexity index is 1030. The fourth-order valence-corrected chi connectivity index (χ4v) is 3.89. The van der Waals surface area contributed by atoms with Gasteiger partial charge in [0.15, 0.2) is 0 Å². The molecule has 0 aromatic heterocycles. The lowest BCUT2D eigenvalue weighted by molar-refractivity contribution is 1.28. The van der Waals surface area contributed by atoms with Crippen molar-refractivity contribution in [2.75, 3.05) is 0 Å². The highest BCUT2D eigenvalue weighted by Gasteiger charge is 2.31. The van der Waals surface area contributed by atoms with Gasteiger partial charge < -0.3 is 0 Å². The molecule has 0 saturated heterocycles. The van der Waals surface area contributed by atoms with E-state index in [9.17, 15) is 0 Å². The fourth-order valence-electron chi connectivity index (χ4n) is 3.89. The van der Waals surface area contributed by atoms with Crippen LogP contribution in [0.3, 0.4) is 0 Å². The molecule has 0 unspecified atom stereocenters. The van der Waals surface area contributed by atoms with E-state index in [4.69, 9.17) is 0 Å². The van der Waals surface area contributed by atoms with Crippen molar-refractivity contribution in [2.45, 2.75) is 0 Å². The molecule has 5 rings (SSSR count). The van der Waals surface area contributed by atoms with Gasteiger partial charge >= 0.3 is 0 Å². The van der Waals surface area contributed by atoms with Gasteiger partial charge in [-0.25, -0.2) is 0 Å². The van der Waals surface area contributed by atoms with E-state index in [1.165, 1.54) is 44.9 Å². The molecule has 0 heteroatoms. The molecule has 0 saturated carbocycles. The highest BCUT2D eigenvalue weighted by molar-refractivity contribution is 5.96. The summed E-state index contributed by atoms with van der Waals surface area (Å²) in [4.78, 5) is 0. The first kappa shape index (κ1) is 14.2. The molecule has 0 fully saturated rings. The van der Waals surface area contributed by atoms with Crippen molar-refractivity contribution in [1.82, 2.24) is 0 Å². The maximum atomic E-state index is 2.25. The minimum Gasteiger partial charge on any atom is -0.0622 e. The molecule has 0 spiro atoms. The quantitative estimate of drug-likeness (QED) is 0.356. The third kappa shape index (κ3) is 2.22. The van der Waals surface area contributed by atoms with E-state index in [-0.39, 0.29) is 0 Å². The van der Waals surface area contributed by atoms with Crippen molar-refractivity contribution < 1.29 is 0 Å². The molecule has 1 aliphatic rings. The third-order valence-electron chi connectivity index (χ3n) is 4.95. The fraction of sp³-hybridized carbons (Fsp3) is 0. The second-order valence-corrected chi connectivity index (χ2v) is 6.38. The van der Waals surface area contributed by atoms with Crippen molar-refractivity contribution in [1.29, 1.82) is 0 Å². The average Bonchev–Trinajstić information content (AvgIpc) is 3.04. The Kier molecular flexibility index (Phi) is 3.28. The number of hydrogen-bond acceptors (Lipinski definition) is 0. The minimum atomic E-state index is 1.27. The summed E-state index contributed by atoms with van der Waals surface area (Å²) < 4.78 is 0. The van der Waals surface area contributed by atoms with Gasteiger partial charge in [-0.3, -0.25) is 0 Å². The molecule has 0 aliphatic heterocycles. The second-order valence-electron chi connectivity index (χ2n) is 6.38. The first-order valence-electron chi connectivity index (χ1n) is 8.64. The van der Waals surface area contributed by atoms with Gasteiger partial charge in [0.05, 0.1) is 5.92 Å². The number of benzene rings is 4. The van der Waals surface area contributed by atoms with Gasteiger partial charge in [0.25, 0.3) is 0 Å². The maximum absolute atomic E-state index is 2.25. The normalized spacial score (nSPS) is 12.6. The van der Waals surface area contributed by atoms with Crippen LogP contribution in [-0.2, 0) is 0 Å². The van der Waals surface area contributed by atoms with Gasteiger partial charge in [0, 0.05) is 0 Å². The highest BCUT2D eigenvalue weighted by atomic mass is 14.3. The summed E-state index contributed by atoms with van der Waals surface area (Å²) >= 11 is 0. The Hall–Kier alpha value is -3.12. The highest BCUT2D eigenvalue weighted by Crippen LogP contribution is 2.50. The van der Waals surface area contributed by atoms with Gasteiger partial charge in [-0.1, -0.05) is 103 Å². The molecule has 117 valence electrons. The molecule has 0 nitrogen and oxygen atoms in total. The van der Waals surface area contributed by atoms with E-state index in [1.54, 1.807) is 0 Å². The number of fused-ring (bicyclic) bond motifs is 3. The van der Waals surface area contributed by atoms with Crippen LogP contribution in [0.5, 0.6) is 0 Å². The van der Waals surface area contributed by atoms with Crippen molar-refractivity contribution in [3.8, 4) is 22.3 Å². The standard InChI is InChI=1S/C25H17/c1-3-10-18(11-4-1)20-16-9-17-23-24(19-12-5-2-6-13-19)21-14-7-8-15-22(21)25(20)23/h1-17H. The zero-order valence-electron chi connectivity index (χ0n) is 13.8. The summed E-state index contributed by atoms with van der Waals surface area (Å²) in [7, 11) is 0. The summed E-state index contributed by atoms with van der Waals surface area (Å²) in [6, 6.07) is 36.8. The first-order valence-corrected chi connectivity index (χ1v) is 8.64. The maximum Gasteiger partial charge on any atom is 0.0641 e. The molecule has 1 radical (unpaired) electrons. The number of hydrogen-bond donors (Lipinski definition) is 0. The van der Waals surface area contributed by atoms with Crippen LogP contribution in [0.25, 0.3) is 22.3 Å². The lowest BCUT2D eigenvalue weighted by atomic mass is 9.88. The van der Waals surface area contributed by atoms with Gasteiger partial charge in [-0.05, 0) is 38.9 Å². The zero-order chi connectivity index (χ0) is 16.6. The Labute approximate surface area is 148 Å². The molecular weight excluding hydrogens is 300 g/mol. The Morgan fingerprint density at radius 3 is 1.56 bits per heavy atom. The average molecular weight is 317 g/mol. The summed E-state index contributed by atoms with van der Waals surface area (Å²) in [5.41, 5.74) is 9.18. The molecule has 0 N–H and O–H groups in total. The molecule has 0 amide bonds. The van der Waals surface area contributed by atoms with Gasteiger partial charge in [0.1, 0.15) is 0 Å². The SMILES string of the molecule is c1ccc([C]2c3ccccc3-c3c2cccc3-c2ccccc2)cc1. The summed E-state index contributed by atoms with van der Waals surface area (Å²) in [5, 5.41) is 0. The number of rotatable bonds is 2. The molecule has 0 atom stereocenters. The summed E-state index contributed by atoms with van der Waals surface area (Å²) in [6.07, 6.45) is 0. The third-order valence-corrected chi connectivity index (χ3v) is 4.95. The zero-order valence-corrected chi connectivity index (χ0v) is 13.8. The lowest BCUT2D eigenvalue weighted by Gasteiger charge is -2.14. The second kappa shape index (κ2) is 5.75. The van der Waals surface area contributed by atoms with E-state index in [0.29, 0.717) is 0 Å². The van der Waals surface area contributed by atoms with Crippen LogP contribution in [0.15, 0.2) is 103 Å². The Morgan fingerprint density at radius 1 is 0.320 bits per heavy atom. The van der Waals surface area contributed by atoms with Gasteiger partial charge in [-0.15, -0.1) is 0 Å². The van der Waals surface area contributed by atoms with Gasteiger partial charge in [-0.2, -0.15) is 0 Å². The van der Waals surface area contributed by atoms with E-state index in [0.717, 1.165) is 0 Å². The van der Waals surface area contributed by atoms with Crippen LogP contribution in [0.2, 0.25) is 0 Å². The van der Waals surface area contributed by atoms with Crippen molar-refractivity contribution in [3.63, 3.8) is 0 Å². The predicted molar refractivity (Wildman–Crippen MR) is 104 cm³/mol. The van der Waals surface area contributed by atoms with Crippen LogP contribution in [0, 0.1) is 5.92 Å². The molecule has 4 aromatic rings. The van der Waals surface area contributed by atoms with E-state index >= 15 is 0 Å². The first-order chi connectivity index (χ1) is 12.4. The summed E-state index contributed by atoms with van der Waals surface area (Å²) in [5.74, 6) is 1.34. The van der Waals surface area contributed by atoms with Crippen LogP contribution >= 0.6 is 0 Å².